The van der Waals surface area contributed by atoms with Crippen LogP contribution in [0, 0.1) is 0 Å². The SMILES string of the molecule is CC1(C)c2ccccc2-c2nc(-n3c4ccccc4c4cc5c(cc43)=CCCC=5)nc(-c3ccc4oc5ccccc5c4c3)c21. The molecule has 8 aromatic rings. The zero-order valence-electron chi connectivity index (χ0n) is 25.1. The minimum atomic E-state index is -0.266. The Balaban J connectivity index is 1.34. The third-order valence-electron chi connectivity index (χ3n) is 10.0. The molecule has 0 radical (unpaired) electrons. The van der Waals surface area contributed by atoms with E-state index >= 15 is 0 Å². The summed E-state index contributed by atoms with van der Waals surface area (Å²) in [7, 11) is 0. The predicted octanol–water partition coefficient (Wildman–Crippen LogP) is 8.80. The van der Waals surface area contributed by atoms with Crippen LogP contribution in [0.4, 0.5) is 0 Å². The lowest BCUT2D eigenvalue weighted by Gasteiger charge is -2.24. The molecule has 2 aliphatic rings. The second-order valence-corrected chi connectivity index (χ2v) is 12.9. The molecule has 0 spiro atoms. The molecule has 0 bridgehead atoms. The lowest BCUT2D eigenvalue weighted by molar-refractivity contribution is 0.657. The van der Waals surface area contributed by atoms with E-state index in [1.165, 1.54) is 37.9 Å². The van der Waals surface area contributed by atoms with E-state index in [1.54, 1.807) is 0 Å². The third-order valence-corrected chi connectivity index (χ3v) is 10.0. The maximum absolute atomic E-state index is 6.21. The van der Waals surface area contributed by atoms with Gasteiger partial charge in [-0.2, -0.15) is 0 Å². The van der Waals surface area contributed by atoms with E-state index in [1.807, 2.05) is 12.1 Å². The van der Waals surface area contributed by atoms with E-state index in [0.717, 1.165) is 62.8 Å². The van der Waals surface area contributed by atoms with Crippen molar-refractivity contribution in [3.05, 3.63) is 125 Å². The summed E-state index contributed by atoms with van der Waals surface area (Å²) in [6.45, 7) is 4.60. The molecule has 3 aromatic heterocycles. The smallest absolute Gasteiger partial charge is 0.235 e. The minimum absolute atomic E-state index is 0.266. The molecule has 10 rings (SSSR count). The van der Waals surface area contributed by atoms with Crippen LogP contribution in [0.15, 0.2) is 108 Å². The first-order valence-corrected chi connectivity index (χ1v) is 15.7. The second kappa shape index (κ2) is 8.80. The minimum Gasteiger partial charge on any atom is -0.456 e. The van der Waals surface area contributed by atoms with Gasteiger partial charge in [-0.3, -0.25) is 4.57 Å². The highest BCUT2D eigenvalue weighted by Gasteiger charge is 2.40. The van der Waals surface area contributed by atoms with Crippen molar-refractivity contribution < 1.29 is 4.42 Å². The summed E-state index contributed by atoms with van der Waals surface area (Å²) in [5, 5.41) is 7.25. The van der Waals surface area contributed by atoms with E-state index in [2.05, 4.69) is 122 Å². The third kappa shape index (κ3) is 3.37. The quantitative estimate of drug-likeness (QED) is 0.206. The van der Waals surface area contributed by atoms with Crippen LogP contribution in [0.5, 0.6) is 0 Å². The normalized spacial score (nSPS) is 14.8. The molecule has 0 saturated heterocycles. The van der Waals surface area contributed by atoms with Gasteiger partial charge in [0.15, 0.2) is 0 Å². The van der Waals surface area contributed by atoms with Crippen molar-refractivity contribution in [2.24, 2.45) is 0 Å². The number of nitrogens with zero attached hydrogens (tertiary/aromatic N) is 3. The van der Waals surface area contributed by atoms with Crippen molar-refractivity contribution in [3.8, 4) is 28.5 Å². The van der Waals surface area contributed by atoms with Gasteiger partial charge in [-0.15, -0.1) is 0 Å². The number of rotatable bonds is 2. The topological polar surface area (TPSA) is 43.9 Å². The Bertz CT molecular complexity index is 2690. The monoisotopic (exact) mass is 579 g/mol. The fourth-order valence-electron chi connectivity index (χ4n) is 7.88. The average molecular weight is 580 g/mol. The largest absolute Gasteiger partial charge is 0.456 e. The average Bonchev–Trinajstić information content (AvgIpc) is 3.68. The summed E-state index contributed by atoms with van der Waals surface area (Å²) in [6, 6.07) is 36.8. The van der Waals surface area contributed by atoms with Gasteiger partial charge in [-0.05, 0) is 71.3 Å². The Labute approximate surface area is 259 Å². The molecule has 0 amide bonds. The van der Waals surface area contributed by atoms with Gasteiger partial charge in [0.1, 0.15) is 11.2 Å². The zero-order chi connectivity index (χ0) is 29.9. The van der Waals surface area contributed by atoms with Crippen LogP contribution in [0.1, 0.15) is 37.8 Å². The van der Waals surface area contributed by atoms with E-state index in [4.69, 9.17) is 14.4 Å². The molecule has 0 aliphatic heterocycles. The molecule has 45 heavy (non-hydrogen) atoms. The summed E-state index contributed by atoms with van der Waals surface area (Å²) < 4.78 is 8.48. The molecule has 4 heteroatoms. The molecular weight excluding hydrogens is 550 g/mol. The van der Waals surface area contributed by atoms with Crippen LogP contribution in [-0.2, 0) is 5.41 Å². The highest BCUT2D eigenvalue weighted by atomic mass is 16.3. The molecule has 0 N–H and O–H groups in total. The number of para-hydroxylation sites is 2. The van der Waals surface area contributed by atoms with Gasteiger partial charge in [0, 0.05) is 43.7 Å². The summed E-state index contributed by atoms with van der Waals surface area (Å²) in [5.74, 6) is 0.694. The Morgan fingerprint density at radius 3 is 2.22 bits per heavy atom. The summed E-state index contributed by atoms with van der Waals surface area (Å²) in [5.41, 5.74) is 10.4. The van der Waals surface area contributed by atoms with Crippen molar-refractivity contribution in [1.82, 2.24) is 14.5 Å². The van der Waals surface area contributed by atoms with Gasteiger partial charge in [-0.1, -0.05) is 86.7 Å². The van der Waals surface area contributed by atoms with Gasteiger partial charge in [-0.25, -0.2) is 9.97 Å². The van der Waals surface area contributed by atoms with Gasteiger partial charge >= 0.3 is 0 Å². The number of hydrogen-bond acceptors (Lipinski definition) is 3. The first-order chi connectivity index (χ1) is 22.1. The Morgan fingerprint density at radius 2 is 1.33 bits per heavy atom. The Kier molecular flexibility index (Phi) is 4.87. The molecule has 5 aromatic carbocycles. The molecular formula is C41H29N3O. The highest BCUT2D eigenvalue weighted by molar-refractivity contribution is 6.09. The standard InChI is InChI=1S/C41H29N3O/c1-41(2)32-16-8-5-15-29(32)39-37(41)38(26-19-20-36-31(22-26)28-14-7-10-18-35(28)45-36)42-40(43-39)44-33-17-9-6-13-27(33)30-21-24-11-3-4-12-25(24)23-34(30)44/h5-23H,3-4H2,1-2H3. The van der Waals surface area contributed by atoms with Crippen LogP contribution in [0.2, 0.25) is 0 Å². The molecule has 4 nitrogen and oxygen atoms in total. The molecule has 0 atom stereocenters. The highest BCUT2D eigenvalue weighted by Crippen LogP contribution is 2.51. The van der Waals surface area contributed by atoms with Gasteiger partial charge < -0.3 is 4.42 Å². The maximum Gasteiger partial charge on any atom is 0.235 e. The molecule has 0 fully saturated rings. The van der Waals surface area contributed by atoms with Gasteiger partial charge in [0.05, 0.1) is 22.4 Å². The Hall–Kier alpha value is -5.48. The fraction of sp³-hybridized carbons (Fsp3) is 0.122. The number of furan rings is 1. The summed E-state index contributed by atoms with van der Waals surface area (Å²) in [4.78, 5) is 11.0. The van der Waals surface area contributed by atoms with E-state index in [-0.39, 0.29) is 5.41 Å². The molecule has 0 saturated carbocycles. The van der Waals surface area contributed by atoms with Crippen LogP contribution in [-0.4, -0.2) is 14.5 Å². The molecule has 3 heterocycles. The summed E-state index contributed by atoms with van der Waals surface area (Å²) >= 11 is 0. The first kappa shape index (κ1) is 24.9. The lowest BCUT2D eigenvalue weighted by Crippen LogP contribution is -2.26. The zero-order valence-corrected chi connectivity index (χ0v) is 25.1. The fourth-order valence-corrected chi connectivity index (χ4v) is 7.88. The van der Waals surface area contributed by atoms with Crippen molar-refractivity contribution >= 4 is 55.9 Å². The van der Waals surface area contributed by atoms with E-state index < -0.39 is 0 Å². The van der Waals surface area contributed by atoms with E-state index in [0.29, 0.717) is 5.95 Å². The van der Waals surface area contributed by atoms with Crippen molar-refractivity contribution in [1.29, 1.82) is 0 Å². The van der Waals surface area contributed by atoms with Gasteiger partial charge in [0.2, 0.25) is 5.95 Å². The predicted molar refractivity (Wildman–Crippen MR) is 184 cm³/mol. The van der Waals surface area contributed by atoms with Gasteiger partial charge in [0.25, 0.3) is 0 Å². The summed E-state index contributed by atoms with van der Waals surface area (Å²) in [6.07, 6.45) is 6.86. The maximum atomic E-state index is 6.21. The van der Waals surface area contributed by atoms with Crippen LogP contribution in [0.25, 0.3) is 84.4 Å². The molecule has 214 valence electrons. The first-order valence-electron chi connectivity index (χ1n) is 15.7. The van der Waals surface area contributed by atoms with E-state index in [9.17, 15) is 0 Å². The van der Waals surface area contributed by atoms with Crippen LogP contribution >= 0.6 is 0 Å². The number of benzene rings is 5. The number of aromatic nitrogens is 3. The lowest BCUT2D eigenvalue weighted by atomic mass is 9.81. The van der Waals surface area contributed by atoms with Crippen molar-refractivity contribution in [2.75, 3.05) is 0 Å². The Morgan fingerprint density at radius 1 is 0.622 bits per heavy atom. The van der Waals surface area contributed by atoms with Crippen molar-refractivity contribution in [2.45, 2.75) is 32.1 Å². The van der Waals surface area contributed by atoms with Crippen molar-refractivity contribution in [3.63, 3.8) is 0 Å². The van der Waals surface area contributed by atoms with Crippen LogP contribution < -0.4 is 10.4 Å². The number of fused-ring (bicyclic) bond motifs is 10. The molecule has 2 aliphatic carbocycles. The number of hydrogen-bond donors (Lipinski definition) is 0. The van der Waals surface area contributed by atoms with Crippen LogP contribution in [0.3, 0.4) is 0 Å². The molecule has 0 unspecified atom stereocenters. The second-order valence-electron chi connectivity index (χ2n) is 12.9.